The van der Waals surface area contributed by atoms with E-state index in [1.165, 1.54) is 43.5 Å². The second-order valence-corrected chi connectivity index (χ2v) is 7.47. The van der Waals surface area contributed by atoms with Crippen LogP contribution in [0.1, 0.15) is 35.2 Å². The number of amides is 2. The SMILES string of the molecule is COC(=O)c1c(F)cccc1-c1ccc(CNC(=O)NCCN2CCCCC2)c(F)c1. The molecule has 1 aliphatic heterocycles. The third-order valence-corrected chi connectivity index (χ3v) is 5.37. The number of nitrogens with zero attached hydrogens (tertiary/aromatic N) is 1. The maximum atomic E-state index is 14.6. The van der Waals surface area contributed by atoms with E-state index in [9.17, 15) is 18.4 Å². The molecular weight excluding hydrogens is 404 g/mol. The molecule has 3 rings (SSSR count). The maximum Gasteiger partial charge on any atom is 0.341 e. The van der Waals surface area contributed by atoms with Gasteiger partial charge < -0.3 is 20.3 Å². The van der Waals surface area contributed by atoms with Gasteiger partial charge >= 0.3 is 12.0 Å². The zero-order valence-corrected chi connectivity index (χ0v) is 17.5. The summed E-state index contributed by atoms with van der Waals surface area (Å²) < 4.78 is 33.4. The van der Waals surface area contributed by atoms with E-state index in [1.807, 2.05) is 0 Å². The number of esters is 1. The van der Waals surface area contributed by atoms with E-state index in [2.05, 4.69) is 20.3 Å². The maximum absolute atomic E-state index is 14.6. The largest absolute Gasteiger partial charge is 0.465 e. The molecule has 1 aliphatic rings. The summed E-state index contributed by atoms with van der Waals surface area (Å²) in [6, 6.07) is 8.05. The fraction of sp³-hybridized carbons (Fsp3) is 0.391. The number of likely N-dealkylation sites (tertiary alicyclic amines) is 1. The number of rotatable bonds is 7. The van der Waals surface area contributed by atoms with Crippen molar-refractivity contribution in [2.24, 2.45) is 0 Å². The van der Waals surface area contributed by atoms with Gasteiger partial charge in [0.05, 0.1) is 7.11 Å². The summed E-state index contributed by atoms with van der Waals surface area (Å²) in [5.41, 5.74) is 0.613. The van der Waals surface area contributed by atoms with Gasteiger partial charge in [-0.2, -0.15) is 0 Å². The number of nitrogens with one attached hydrogen (secondary N) is 2. The Morgan fingerprint density at radius 1 is 1.03 bits per heavy atom. The van der Waals surface area contributed by atoms with Crippen molar-refractivity contribution in [3.05, 3.63) is 59.2 Å². The highest BCUT2D eigenvalue weighted by Gasteiger charge is 2.19. The highest BCUT2D eigenvalue weighted by molar-refractivity contribution is 5.97. The molecule has 0 spiro atoms. The molecule has 2 aromatic rings. The number of carbonyl (C=O) groups is 2. The van der Waals surface area contributed by atoms with Crippen molar-refractivity contribution in [1.29, 1.82) is 0 Å². The van der Waals surface area contributed by atoms with E-state index in [1.54, 1.807) is 6.07 Å². The van der Waals surface area contributed by atoms with Gasteiger partial charge in [0, 0.05) is 25.2 Å². The molecule has 0 atom stereocenters. The Bertz CT molecular complexity index is 930. The Hall–Kier alpha value is -3.00. The molecule has 6 nitrogen and oxygen atoms in total. The fourth-order valence-corrected chi connectivity index (χ4v) is 3.68. The van der Waals surface area contributed by atoms with Crippen molar-refractivity contribution < 1.29 is 23.1 Å². The molecule has 0 radical (unpaired) electrons. The minimum atomic E-state index is -0.833. The molecule has 0 bridgehead atoms. The lowest BCUT2D eigenvalue weighted by Gasteiger charge is -2.26. The molecule has 1 heterocycles. The average molecular weight is 431 g/mol. The highest BCUT2D eigenvalue weighted by atomic mass is 19.1. The minimum absolute atomic E-state index is 0.00860. The lowest BCUT2D eigenvalue weighted by Crippen LogP contribution is -2.41. The second-order valence-electron chi connectivity index (χ2n) is 7.47. The molecule has 2 N–H and O–H groups in total. The van der Waals surface area contributed by atoms with Gasteiger partial charge in [-0.05, 0) is 49.2 Å². The molecule has 1 fully saturated rings. The topological polar surface area (TPSA) is 70.7 Å². The van der Waals surface area contributed by atoms with E-state index in [4.69, 9.17) is 0 Å². The van der Waals surface area contributed by atoms with E-state index in [0.717, 1.165) is 32.8 Å². The zero-order chi connectivity index (χ0) is 22.2. The predicted molar refractivity (Wildman–Crippen MR) is 114 cm³/mol. The Morgan fingerprint density at radius 3 is 2.52 bits per heavy atom. The second kappa shape index (κ2) is 10.9. The number of methoxy groups -OCH3 is 1. The van der Waals surface area contributed by atoms with Crippen LogP contribution in [0.2, 0.25) is 0 Å². The third-order valence-electron chi connectivity index (χ3n) is 5.37. The number of benzene rings is 2. The molecular formula is C23H27F2N3O3. The van der Waals surface area contributed by atoms with Gasteiger partial charge in [0.15, 0.2) is 0 Å². The van der Waals surface area contributed by atoms with Crippen LogP contribution in [0.4, 0.5) is 13.6 Å². The number of hydrogen-bond donors (Lipinski definition) is 2. The average Bonchev–Trinajstić information content (AvgIpc) is 2.78. The summed E-state index contributed by atoms with van der Waals surface area (Å²) in [5, 5.41) is 5.42. The summed E-state index contributed by atoms with van der Waals surface area (Å²) in [6.45, 7) is 3.46. The van der Waals surface area contributed by atoms with Crippen LogP contribution in [0.5, 0.6) is 0 Å². The quantitative estimate of drug-likeness (QED) is 0.656. The van der Waals surface area contributed by atoms with Crippen LogP contribution in [0, 0.1) is 11.6 Å². The number of piperidine rings is 1. The van der Waals surface area contributed by atoms with Crippen LogP contribution < -0.4 is 10.6 Å². The number of carbonyl (C=O) groups excluding carboxylic acids is 2. The smallest absolute Gasteiger partial charge is 0.341 e. The number of hydrogen-bond acceptors (Lipinski definition) is 4. The summed E-state index contributed by atoms with van der Waals surface area (Å²) >= 11 is 0. The molecule has 0 aromatic heterocycles. The first-order valence-electron chi connectivity index (χ1n) is 10.4. The molecule has 31 heavy (non-hydrogen) atoms. The van der Waals surface area contributed by atoms with Gasteiger partial charge in [-0.25, -0.2) is 18.4 Å². The summed E-state index contributed by atoms with van der Waals surface area (Å²) in [4.78, 5) is 26.2. The van der Waals surface area contributed by atoms with Crippen molar-refractivity contribution in [3.8, 4) is 11.1 Å². The predicted octanol–water partition coefficient (Wildman–Crippen LogP) is 3.70. The van der Waals surface area contributed by atoms with Gasteiger partial charge in [0.2, 0.25) is 0 Å². The molecule has 166 valence electrons. The van der Waals surface area contributed by atoms with Crippen LogP contribution in [0.25, 0.3) is 11.1 Å². The molecule has 8 heteroatoms. The summed E-state index contributed by atoms with van der Waals surface area (Å²) in [5.74, 6) is -2.14. The normalized spacial score (nSPS) is 14.2. The van der Waals surface area contributed by atoms with Crippen LogP contribution in [0.15, 0.2) is 36.4 Å². The van der Waals surface area contributed by atoms with E-state index in [-0.39, 0.29) is 29.3 Å². The lowest BCUT2D eigenvalue weighted by atomic mass is 9.98. The first-order valence-corrected chi connectivity index (χ1v) is 10.4. The molecule has 1 saturated heterocycles. The minimum Gasteiger partial charge on any atom is -0.465 e. The van der Waals surface area contributed by atoms with E-state index < -0.39 is 17.6 Å². The van der Waals surface area contributed by atoms with Crippen LogP contribution in [-0.4, -0.2) is 50.2 Å². The first-order chi connectivity index (χ1) is 15.0. The van der Waals surface area contributed by atoms with Gasteiger partial charge in [-0.1, -0.05) is 30.7 Å². The highest BCUT2D eigenvalue weighted by Crippen LogP contribution is 2.28. The summed E-state index contributed by atoms with van der Waals surface area (Å²) in [7, 11) is 1.16. The Balaban J connectivity index is 1.58. The monoisotopic (exact) mass is 431 g/mol. The lowest BCUT2D eigenvalue weighted by molar-refractivity contribution is 0.0596. The van der Waals surface area contributed by atoms with Gasteiger partial charge in [0.25, 0.3) is 0 Å². The van der Waals surface area contributed by atoms with Crippen LogP contribution in [-0.2, 0) is 11.3 Å². The van der Waals surface area contributed by atoms with Crippen molar-refractivity contribution in [3.63, 3.8) is 0 Å². The Morgan fingerprint density at radius 2 is 1.81 bits per heavy atom. The molecule has 2 amide bonds. The Labute approximate surface area is 180 Å². The molecule has 0 aliphatic carbocycles. The van der Waals surface area contributed by atoms with Crippen molar-refractivity contribution >= 4 is 12.0 Å². The fourth-order valence-electron chi connectivity index (χ4n) is 3.68. The van der Waals surface area contributed by atoms with E-state index in [0.29, 0.717) is 12.1 Å². The molecule has 0 unspecified atom stereocenters. The van der Waals surface area contributed by atoms with E-state index >= 15 is 0 Å². The van der Waals surface area contributed by atoms with Crippen molar-refractivity contribution in [1.82, 2.24) is 15.5 Å². The Kier molecular flexibility index (Phi) is 7.94. The molecule has 2 aromatic carbocycles. The standard InChI is InChI=1S/C23H27F2N3O3/c1-31-22(29)21-18(6-5-7-19(21)24)16-8-9-17(20(25)14-16)15-27-23(30)26-10-13-28-11-3-2-4-12-28/h5-9,14H,2-4,10-13,15H2,1H3,(H2,26,27,30). The van der Waals surface area contributed by atoms with Gasteiger partial charge in [0.1, 0.15) is 17.2 Å². The number of halogens is 2. The van der Waals surface area contributed by atoms with Crippen molar-refractivity contribution in [2.75, 3.05) is 33.3 Å². The first kappa shape index (κ1) is 22.7. The van der Waals surface area contributed by atoms with Crippen molar-refractivity contribution in [2.45, 2.75) is 25.8 Å². The van der Waals surface area contributed by atoms with Crippen LogP contribution >= 0.6 is 0 Å². The van der Waals surface area contributed by atoms with Gasteiger partial charge in [-0.15, -0.1) is 0 Å². The zero-order valence-electron chi connectivity index (χ0n) is 17.5. The number of ether oxygens (including phenoxy) is 1. The van der Waals surface area contributed by atoms with Gasteiger partial charge in [-0.3, -0.25) is 0 Å². The third kappa shape index (κ3) is 6.01. The number of urea groups is 1. The summed E-state index contributed by atoms with van der Waals surface area (Å²) in [6.07, 6.45) is 3.65. The van der Waals surface area contributed by atoms with Crippen LogP contribution in [0.3, 0.4) is 0 Å². The molecule has 0 saturated carbocycles.